The van der Waals surface area contributed by atoms with Gasteiger partial charge in [-0.05, 0) is 44.5 Å². The summed E-state index contributed by atoms with van der Waals surface area (Å²) in [6, 6.07) is 34.0. The van der Waals surface area contributed by atoms with Gasteiger partial charge in [-0.1, -0.05) is 97.1 Å². The Bertz CT molecular complexity index is 1090. The SMILES string of the molecule is O=COC(C1c2ccccc2-c2ccccc21)C1c2ccccc2-c2ccccc21. The molecule has 0 fully saturated rings. The van der Waals surface area contributed by atoms with Crippen LogP contribution in [-0.2, 0) is 9.53 Å². The van der Waals surface area contributed by atoms with E-state index < -0.39 is 0 Å². The van der Waals surface area contributed by atoms with E-state index in [0.717, 1.165) is 0 Å². The van der Waals surface area contributed by atoms with Gasteiger partial charge in [0.2, 0.25) is 0 Å². The molecule has 0 radical (unpaired) electrons. The minimum atomic E-state index is -0.322. The Morgan fingerprint density at radius 3 is 1.13 bits per heavy atom. The lowest BCUT2D eigenvalue weighted by Gasteiger charge is -2.30. The van der Waals surface area contributed by atoms with Crippen molar-refractivity contribution in [1.82, 2.24) is 0 Å². The van der Waals surface area contributed by atoms with Crippen LogP contribution in [0.2, 0.25) is 0 Å². The fourth-order valence-corrected chi connectivity index (χ4v) is 5.51. The van der Waals surface area contributed by atoms with Crippen molar-refractivity contribution in [2.75, 3.05) is 0 Å². The molecule has 144 valence electrons. The Morgan fingerprint density at radius 2 is 0.833 bits per heavy atom. The normalized spacial score (nSPS) is 14.2. The number of benzene rings is 4. The van der Waals surface area contributed by atoms with Crippen LogP contribution in [0.3, 0.4) is 0 Å². The summed E-state index contributed by atoms with van der Waals surface area (Å²) in [6.45, 7) is 0.623. The molecule has 0 bridgehead atoms. The first-order valence-electron chi connectivity index (χ1n) is 10.3. The van der Waals surface area contributed by atoms with E-state index in [1.54, 1.807) is 0 Å². The average Bonchev–Trinajstić information content (AvgIpc) is 3.31. The Kier molecular flexibility index (Phi) is 3.85. The van der Waals surface area contributed by atoms with Crippen molar-refractivity contribution >= 4 is 6.47 Å². The van der Waals surface area contributed by atoms with Crippen molar-refractivity contribution < 1.29 is 9.53 Å². The summed E-state index contributed by atoms with van der Waals surface area (Å²) in [4.78, 5) is 11.8. The van der Waals surface area contributed by atoms with Crippen LogP contribution in [0.4, 0.5) is 0 Å². The van der Waals surface area contributed by atoms with Crippen molar-refractivity contribution in [1.29, 1.82) is 0 Å². The number of rotatable bonds is 4. The molecule has 0 saturated heterocycles. The summed E-state index contributed by atoms with van der Waals surface area (Å²) in [7, 11) is 0. The molecule has 6 rings (SSSR count). The predicted octanol–water partition coefficient (Wildman–Crippen LogP) is 6.15. The molecule has 2 aliphatic carbocycles. The second-order valence-electron chi connectivity index (χ2n) is 8.00. The lowest BCUT2D eigenvalue weighted by molar-refractivity contribution is -0.134. The van der Waals surface area contributed by atoms with Gasteiger partial charge in [-0.25, -0.2) is 0 Å². The summed E-state index contributed by atoms with van der Waals surface area (Å²) in [5, 5.41) is 0. The van der Waals surface area contributed by atoms with Crippen molar-refractivity contribution in [3.8, 4) is 22.3 Å². The van der Waals surface area contributed by atoms with Crippen molar-refractivity contribution in [3.05, 3.63) is 119 Å². The first kappa shape index (κ1) is 17.2. The fraction of sp³-hybridized carbons (Fsp3) is 0.107. The highest BCUT2D eigenvalue weighted by molar-refractivity contribution is 5.82. The highest BCUT2D eigenvalue weighted by Gasteiger charge is 2.44. The maximum Gasteiger partial charge on any atom is 0.293 e. The molecule has 2 aliphatic rings. The van der Waals surface area contributed by atoms with Crippen molar-refractivity contribution in [3.63, 3.8) is 0 Å². The van der Waals surface area contributed by atoms with E-state index in [0.29, 0.717) is 6.47 Å². The molecule has 0 spiro atoms. The van der Waals surface area contributed by atoms with Crippen LogP contribution in [0, 0.1) is 0 Å². The average molecular weight is 388 g/mol. The van der Waals surface area contributed by atoms with Crippen LogP contribution in [0.15, 0.2) is 97.1 Å². The van der Waals surface area contributed by atoms with Crippen LogP contribution >= 0.6 is 0 Å². The van der Waals surface area contributed by atoms with Gasteiger partial charge < -0.3 is 4.74 Å². The lowest BCUT2D eigenvalue weighted by atomic mass is 9.79. The minimum Gasteiger partial charge on any atom is -0.463 e. The third-order valence-corrected chi connectivity index (χ3v) is 6.63. The highest BCUT2D eigenvalue weighted by Crippen LogP contribution is 2.54. The second-order valence-corrected chi connectivity index (χ2v) is 8.00. The largest absolute Gasteiger partial charge is 0.463 e. The quantitative estimate of drug-likeness (QED) is 0.392. The molecule has 0 aromatic heterocycles. The van der Waals surface area contributed by atoms with E-state index in [-0.39, 0.29) is 17.9 Å². The molecule has 2 nitrogen and oxygen atoms in total. The molecule has 0 aliphatic heterocycles. The van der Waals surface area contributed by atoms with Crippen LogP contribution in [0.25, 0.3) is 22.3 Å². The molecule has 0 unspecified atom stereocenters. The van der Waals surface area contributed by atoms with Crippen molar-refractivity contribution in [2.24, 2.45) is 0 Å². The molecule has 0 saturated carbocycles. The van der Waals surface area contributed by atoms with E-state index in [9.17, 15) is 4.79 Å². The molecule has 2 heteroatoms. The van der Waals surface area contributed by atoms with Gasteiger partial charge in [0.25, 0.3) is 6.47 Å². The molecule has 4 aromatic rings. The zero-order chi connectivity index (χ0) is 20.1. The zero-order valence-corrected chi connectivity index (χ0v) is 16.4. The van der Waals surface area contributed by atoms with Gasteiger partial charge in [0.1, 0.15) is 6.10 Å². The number of fused-ring (bicyclic) bond motifs is 6. The fourth-order valence-electron chi connectivity index (χ4n) is 5.51. The Morgan fingerprint density at radius 1 is 0.533 bits per heavy atom. The molecule has 0 atom stereocenters. The maximum atomic E-state index is 11.8. The molecule has 0 amide bonds. The Labute approximate surface area is 175 Å². The van der Waals surface area contributed by atoms with E-state index in [4.69, 9.17) is 4.74 Å². The van der Waals surface area contributed by atoms with Gasteiger partial charge in [-0.3, -0.25) is 4.79 Å². The maximum absolute atomic E-state index is 11.8. The van der Waals surface area contributed by atoms with E-state index in [2.05, 4.69) is 97.1 Å². The van der Waals surface area contributed by atoms with Gasteiger partial charge in [0.15, 0.2) is 0 Å². The summed E-state index contributed by atoms with van der Waals surface area (Å²) >= 11 is 0. The monoisotopic (exact) mass is 388 g/mol. The van der Waals surface area contributed by atoms with Crippen LogP contribution < -0.4 is 0 Å². The first-order chi connectivity index (χ1) is 14.9. The smallest absolute Gasteiger partial charge is 0.293 e. The van der Waals surface area contributed by atoms with E-state index >= 15 is 0 Å². The molecule has 0 N–H and O–H groups in total. The van der Waals surface area contributed by atoms with Crippen molar-refractivity contribution in [2.45, 2.75) is 17.9 Å². The number of hydrogen-bond donors (Lipinski definition) is 0. The van der Waals surface area contributed by atoms with E-state index in [1.165, 1.54) is 44.5 Å². The van der Waals surface area contributed by atoms with Crippen LogP contribution in [0.5, 0.6) is 0 Å². The molecule has 4 aromatic carbocycles. The van der Waals surface area contributed by atoms with Crippen LogP contribution in [-0.4, -0.2) is 12.6 Å². The van der Waals surface area contributed by atoms with Gasteiger partial charge >= 0.3 is 0 Å². The summed E-state index contributed by atoms with van der Waals surface area (Å²) in [6.07, 6.45) is -0.322. The molecular formula is C28H20O2. The van der Waals surface area contributed by atoms with Gasteiger partial charge in [-0.15, -0.1) is 0 Å². The Hall–Kier alpha value is -3.65. The number of hydrogen-bond acceptors (Lipinski definition) is 2. The number of ether oxygens (including phenoxy) is 1. The van der Waals surface area contributed by atoms with Crippen LogP contribution in [0.1, 0.15) is 34.1 Å². The number of carbonyl (C=O) groups excluding carboxylic acids is 1. The van der Waals surface area contributed by atoms with E-state index in [1.807, 2.05) is 0 Å². The van der Waals surface area contributed by atoms with Gasteiger partial charge in [0, 0.05) is 11.8 Å². The Balaban J connectivity index is 1.59. The summed E-state index contributed by atoms with van der Waals surface area (Å²) < 4.78 is 5.96. The molecule has 30 heavy (non-hydrogen) atoms. The molecular weight excluding hydrogens is 368 g/mol. The lowest BCUT2D eigenvalue weighted by Crippen LogP contribution is -2.29. The third kappa shape index (κ3) is 2.34. The topological polar surface area (TPSA) is 26.3 Å². The summed E-state index contributed by atoms with van der Waals surface area (Å²) in [5.41, 5.74) is 9.85. The zero-order valence-electron chi connectivity index (χ0n) is 16.4. The number of carbonyl (C=O) groups is 1. The minimum absolute atomic E-state index is 0.00758. The highest BCUT2D eigenvalue weighted by atomic mass is 16.5. The van der Waals surface area contributed by atoms with Gasteiger partial charge in [0.05, 0.1) is 0 Å². The third-order valence-electron chi connectivity index (χ3n) is 6.63. The standard InChI is InChI=1S/C28H20O2/c29-17-30-28(26-22-13-5-1-9-18(22)19-10-2-6-14-23(19)26)27-24-15-7-3-11-20(24)21-12-4-8-16-25(21)27/h1-17,26-28H. The first-order valence-corrected chi connectivity index (χ1v) is 10.3. The second kappa shape index (κ2) is 6.70. The predicted molar refractivity (Wildman–Crippen MR) is 118 cm³/mol. The summed E-state index contributed by atoms with van der Waals surface area (Å²) in [5.74, 6) is -0.0152. The molecule has 0 heterocycles. The van der Waals surface area contributed by atoms with Gasteiger partial charge in [-0.2, -0.15) is 0 Å².